The van der Waals surface area contributed by atoms with Gasteiger partial charge >= 0.3 is 0 Å². The Morgan fingerprint density at radius 2 is 1.75 bits per heavy atom. The fourth-order valence-corrected chi connectivity index (χ4v) is 5.20. The van der Waals surface area contributed by atoms with E-state index in [4.69, 9.17) is 4.98 Å². The third kappa shape index (κ3) is 5.69. The van der Waals surface area contributed by atoms with E-state index < -0.39 is 0 Å². The van der Waals surface area contributed by atoms with Gasteiger partial charge < -0.3 is 10.2 Å². The van der Waals surface area contributed by atoms with Gasteiger partial charge in [-0.1, -0.05) is 77.8 Å². The summed E-state index contributed by atoms with van der Waals surface area (Å²) in [5.74, 6) is 0.940. The van der Waals surface area contributed by atoms with Crippen LogP contribution in [0.25, 0.3) is 11.3 Å². The number of aromatic nitrogens is 2. The van der Waals surface area contributed by atoms with Gasteiger partial charge in [-0.05, 0) is 79.4 Å². The first kappa shape index (κ1) is 24.7. The van der Waals surface area contributed by atoms with Crippen LogP contribution < -0.4 is 5.32 Å². The molecule has 0 amide bonds. The number of hydrogen-bond acceptors (Lipinski definition) is 4. The Bertz CT molecular complexity index is 1300. The summed E-state index contributed by atoms with van der Waals surface area (Å²) in [6, 6.07) is 25.9. The van der Waals surface area contributed by atoms with Gasteiger partial charge in [0.1, 0.15) is 0 Å². The molecule has 36 heavy (non-hydrogen) atoms. The molecule has 1 N–H and O–H groups in total. The Kier molecular flexibility index (Phi) is 7.78. The Balaban J connectivity index is 1.31. The summed E-state index contributed by atoms with van der Waals surface area (Å²) in [6.07, 6.45) is 6.46. The fourth-order valence-electron chi connectivity index (χ4n) is 4.93. The average Bonchev–Trinajstić information content (AvgIpc) is 2.91. The highest BCUT2D eigenvalue weighted by Gasteiger charge is 2.27. The molecule has 0 spiro atoms. The van der Waals surface area contributed by atoms with Crippen LogP contribution in [0.4, 0.5) is 11.6 Å². The number of benzene rings is 3. The van der Waals surface area contributed by atoms with Gasteiger partial charge in [0, 0.05) is 34.4 Å². The molecule has 4 aromatic rings. The molecule has 1 atom stereocenters. The fraction of sp³-hybridized carbons (Fsp3) is 0.290. The van der Waals surface area contributed by atoms with Crippen LogP contribution >= 0.6 is 15.9 Å². The lowest BCUT2D eigenvalue weighted by molar-refractivity contribution is 0.332. The van der Waals surface area contributed by atoms with Crippen molar-refractivity contribution in [3.63, 3.8) is 0 Å². The van der Waals surface area contributed by atoms with Crippen LogP contribution in [0.1, 0.15) is 47.9 Å². The minimum absolute atomic E-state index is 0.303. The van der Waals surface area contributed by atoms with E-state index in [1.54, 1.807) is 0 Å². The van der Waals surface area contributed by atoms with Crippen LogP contribution in [0.2, 0.25) is 0 Å². The van der Waals surface area contributed by atoms with Crippen LogP contribution in [-0.2, 0) is 12.8 Å². The second kappa shape index (κ2) is 11.4. The van der Waals surface area contributed by atoms with Crippen molar-refractivity contribution in [1.82, 2.24) is 14.9 Å². The van der Waals surface area contributed by atoms with Crippen LogP contribution in [0.15, 0.2) is 83.5 Å². The summed E-state index contributed by atoms with van der Waals surface area (Å²) in [6.45, 7) is 4.49. The molecule has 1 unspecified atom stereocenters. The number of nitrogens with one attached hydrogen (secondary N) is 1. The lowest BCUT2D eigenvalue weighted by Gasteiger charge is -2.27. The summed E-state index contributed by atoms with van der Waals surface area (Å²) in [4.78, 5) is 12.1. The van der Waals surface area contributed by atoms with Crippen molar-refractivity contribution in [1.29, 1.82) is 0 Å². The first-order valence-electron chi connectivity index (χ1n) is 12.9. The maximum atomic E-state index is 4.97. The zero-order chi connectivity index (χ0) is 24.9. The maximum absolute atomic E-state index is 4.97. The Hall–Kier alpha value is -3.02. The smallest absolute Gasteiger partial charge is 0.227 e. The number of nitrogens with zero attached hydrogens (tertiary/aromatic N) is 3. The summed E-state index contributed by atoms with van der Waals surface area (Å²) >= 11 is 3.56. The van der Waals surface area contributed by atoms with Crippen molar-refractivity contribution < 1.29 is 0 Å². The van der Waals surface area contributed by atoms with Crippen molar-refractivity contribution in [3.8, 4) is 11.3 Å². The summed E-state index contributed by atoms with van der Waals surface area (Å²) < 4.78 is 1.10. The predicted molar refractivity (Wildman–Crippen MR) is 153 cm³/mol. The van der Waals surface area contributed by atoms with E-state index in [9.17, 15) is 0 Å². The van der Waals surface area contributed by atoms with E-state index in [2.05, 4.69) is 118 Å². The SMILES string of the molecule is CCCCN(C)CCc1ccc(Nc2ncc3c(n2)-c2ccccc2C(c2ccc(Br)cc2)C3)cc1. The van der Waals surface area contributed by atoms with Crippen molar-refractivity contribution >= 4 is 27.6 Å². The van der Waals surface area contributed by atoms with Crippen LogP contribution in [0.5, 0.6) is 0 Å². The molecule has 3 aromatic carbocycles. The molecule has 1 aromatic heterocycles. The summed E-state index contributed by atoms with van der Waals surface area (Å²) in [7, 11) is 2.21. The largest absolute Gasteiger partial charge is 0.324 e. The summed E-state index contributed by atoms with van der Waals surface area (Å²) in [5, 5.41) is 3.42. The highest BCUT2D eigenvalue weighted by Crippen LogP contribution is 2.42. The number of halogens is 1. The van der Waals surface area contributed by atoms with E-state index in [-0.39, 0.29) is 0 Å². The van der Waals surface area contributed by atoms with E-state index >= 15 is 0 Å². The second-order valence-electron chi connectivity index (χ2n) is 9.69. The van der Waals surface area contributed by atoms with Crippen LogP contribution in [0.3, 0.4) is 0 Å². The number of rotatable bonds is 9. The molecule has 0 saturated carbocycles. The quantitative estimate of drug-likeness (QED) is 0.237. The van der Waals surface area contributed by atoms with Gasteiger partial charge in [0.25, 0.3) is 0 Å². The minimum atomic E-state index is 0.303. The standard InChI is InChI=1S/C31H33BrN4/c1-3-4-18-36(2)19-17-22-9-15-26(16-10-22)34-31-33-21-24-20-29(23-11-13-25(32)14-12-23)27-7-5-6-8-28(27)30(24)35-31/h5-16,21,29H,3-4,17-20H2,1-2H3,(H,33,34,35). The molecular weight excluding hydrogens is 508 g/mol. The molecular formula is C31H33BrN4. The number of likely N-dealkylation sites (N-methyl/N-ethyl adjacent to an activating group) is 1. The molecule has 0 fully saturated rings. The first-order chi connectivity index (χ1) is 17.6. The molecule has 4 nitrogen and oxygen atoms in total. The van der Waals surface area contributed by atoms with E-state index in [1.807, 2.05) is 6.20 Å². The topological polar surface area (TPSA) is 41.0 Å². The Morgan fingerprint density at radius 1 is 0.972 bits per heavy atom. The highest BCUT2D eigenvalue weighted by molar-refractivity contribution is 9.10. The van der Waals surface area contributed by atoms with Gasteiger partial charge in [0.2, 0.25) is 5.95 Å². The van der Waals surface area contributed by atoms with Gasteiger partial charge in [-0.2, -0.15) is 0 Å². The van der Waals surface area contributed by atoms with E-state index in [0.717, 1.165) is 35.2 Å². The van der Waals surface area contributed by atoms with Crippen molar-refractivity contribution in [2.75, 3.05) is 25.5 Å². The van der Waals surface area contributed by atoms with Crippen molar-refractivity contribution in [2.45, 2.75) is 38.5 Å². The molecule has 0 aliphatic heterocycles. The zero-order valence-electron chi connectivity index (χ0n) is 21.0. The van der Waals surface area contributed by atoms with E-state index in [1.165, 1.54) is 47.2 Å². The third-order valence-corrected chi connectivity index (χ3v) is 7.57. The normalized spacial score (nSPS) is 14.4. The molecule has 1 heterocycles. The summed E-state index contributed by atoms with van der Waals surface area (Å²) in [5.41, 5.74) is 8.41. The predicted octanol–water partition coefficient (Wildman–Crippen LogP) is 7.61. The maximum Gasteiger partial charge on any atom is 0.227 e. The number of hydrogen-bond donors (Lipinski definition) is 1. The lowest BCUT2D eigenvalue weighted by atomic mass is 9.78. The average molecular weight is 542 g/mol. The molecule has 0 saturated heterocycles. The van der Waals surface area contributed by atoms with Gasteiger partial charge in [-0.25, -0.2) is 9.97 Å². The Morgan fingerprint density at radius 3 is 2.53 bits per heavy atom. The Labute approximate surface area is 222 Å². The first-order valence-corrected chi connectivity index (χ1v) is 13.6. The third-order valence-electron chi connectivity index (χ3n) is 7.04. The van der Waals surface area contributed by atoms with Crippen LogP contribution in [0, 0.1) is 0 Å². The van der Waals surface area contributed by atoms with Gasteiger partial charge in [0.05, 0.1) is 5.69 Å². The molecule has 0 bridgehead atoms. The molecule has 1 aliphatic rings. The number of fused-ring (bicyclic) bond motifs is 3. The zero-order valence-corrected chi connectivity index (χ0v) is 22.6. The molecule has 5 rings (SSSR count). The minimum Gasteiger partial charge on any atom is -0.324 e. The molecule has 184 valence electrons. The second-order valence-corrected chi connectivity index (χ2v) is 10.6. The number of unbranched alkanes of at least 4 members (excludes halogenated alkanes) is 1. The molecule has 1 aliphatic carbocycles. The van der Waals surface area contributed by atoms with Crippen molar-refractivity contribution in [2.24, 2.45) is 0 Å². The monoisotopic (exact) mass is 540 g/mol. The number of anilines is 2. The lowest BCUT2D eigenvalue weighted by Crippen LogP contribution is -2.22. The van der Waals surface area contributed by atoms with Gasteiger partial charge in [0.15, 0.2) is 0 Å². The van der Waals surface area contributed by atoms with Crippen LogP contribution in [-0.4, -0.2) is 35.0 Å². The van der Waals surface area contributed by atoms with Gasteiger partial charge in [-0.3, -0.25) is 0 Å². The molecule has 0 radical (unpaired) electrons. The van der Waals surface area contributed by atoms with Gasteiger partial charge in [-0.15, -0.1) is 0 Å². The van der Waals surface area contributed by atoms with Crippen molar-refractivity contribution in [3.05, 3.63) is 106 Å². The van der Waals surface area contributed by atoms with E-state index in [0.29, 0.717) is 11.9 Å². The highest BCUT2D eigenvalue weighted by atomic mass is 79.9. The molecule has 5 heteroatoms.